The minimum absolute atomic E-state index is 0.357. The zero-order chi connectivity index (χ0) is 13.0. The smallest absolute Gasteiger partial charge is 0.105 e. The number of hydrogen-bond acceptors (Lipinski definition) is 4. The molecule has 0 aromatic carbocycles. The van der Waals surface area contributed by atoms with Crippen LogP contribution in [-0.4, -0.2) is 35.3 Å². The number of thioether (sulfide) groups is 1. The lowest BCUT2D eigenvalue weighted by Gasteiger charge is -2.27. The van der Waals surface area contributed by atoms with E-state index in [2.05, 4.69) is 18.3 Å². The highest BCUT2D eigenvalue weighted by atomic mass is 32.2. The van der Waals surface area contributed by atoms with Crippen molar-refractivity contribution in [3.63, 3.8) is 0 Å². The van der Waals surface area contributed by atoms with Crippen LogP contribution in [0.1, 0.15) is 46.0 Å². The van der Waals surface area contributed by atoms with Crippen LogP contribution in [0.5, 0.6) is 0 Å². The fourth-order valence-corrected chi connectivity index (χ4v) is 3.75. The third kappa shape index (κ3) is 4.46. The van der Waals surface area contributed by atoms with E-state index in [1.54, 1.807) is 0 Å². The molecule has 2 aliphatic rings. The summed E-state index contributed by atoms with van der Waals surface area (Å²) in [6, 6.07) is 3.04. The van der Waals surface area contributed by atoms with E-state index in [-0.39, 0.29) is 5.54 Å². The average Bonchev–Trinajstić information content (AvgIpc) is 2.98. The zero-order valence-corrected chi connectivity index (χ0v) is 12.3. The van der Waals surface area contributed by atoms with Gasteiger partial charge in [-0.25, -0.2) is 0 Å². The molecule has 0 amide bonds. The SMILES string of the molecule is CC(CC(C)(C#N)NC1CC1)SCC1CCCO1. The van der Waals surface area contributed by atoms with Crippen molar-refractivity contribution >= 4 is 11.8 Å². The van der Waals surface area contributed by atoms with Crippen LogP contribution >= 0.6 is 11.8 Å². The van der Waals surface area contributed by atoms with Crippen LogP contribution < -0.4 is 5.32 Å². The second-order valence-electron chi connectivity index (χ2n) is 5.85. The summed E-state index contributed by atoms with van der Waals surface area (Å²) in [7, 11) is 0. The lowest BCUT2D eigenvalue weighted by molar-refractivity contribution is 0.128. The number of nitrogens with one attached hydrogen (secondary N) is 1. The van der Waals surface area contributed by atoms with Gasteiger partial charge in [-0.2, -0.15) is 17.0 Å². The molecular formula is C14H24N2OS. The first-order valence-electron chi connectivity index (χ1n) is 7.03. The monoisotopic (exact) mass is 268 g/mol. The van der Waals surface area contributed by atoms with Crippen molar-refractivity contribution in [2.45, 2.75) is 68.9 Å². The summed E-state index contributed by atoms with van der Waals surface area (Å²) >= 11 is 1.95. The summed E-state index contributed by atoms with van der Waals surface area (Å²) in [5.74, 6) is 1.08. The lowest BCUT2D eigenvalue weighted by Crippen LogP contribution is -2.44. The quantitative estimate of drug-likeness (QED) is 0.771. The van der Waals surface area contributed by atoms with E-state index < -0.39 is 0 Å². The van der Waals surface area contributed by atoms with Crippen molar-refractivity contribution in [1.82, 2.24) is 5.32 Å². The molecule has 1 N–H and O–H groups in total. The molecule has 1 heterocycles. The number of rotatable bonds is 7. The molecule has 0 aromatic rings. The highest BCUT2D eigenvalue weighted by Gasteiger charge is 2.33. The van der Waals surface area contributed by atoms with E-state index >= 15 is 0 Å². The van der Waals surface area contributed by atoms with Crippen LogP contribution in [0.15, 0.2) is 0 Å². The molecule has 2 rings (SSSR count). The molecule has 0 aromatic heterocycles. The van der Waals surface area contributed by atoms with Crippen LogP contribution in [0.25, 0.3) is 0 Å². The Morgan fingerprint density at radius 2 is 2.28 bits per heavy atom. The van der Waals surface area contributed by atoms with Gasteiger partial charge in [0.2, 0.25) is 0 Å². The summed E-state index contributed by atoms with van der Waals surface area (Å²) < 4.78 is 5.63. The Hall–Kier alpha value is -0.240. The molecule has 3 atom stereocenters. The number of nitriles is 1. The normalized spacial score (nSPS) is 28.6. The van der Waals surface area contributed by atoms with Crippen LogP contribution in [-0.2, 0) is 4.74 Å². The van der Waals surface area contributed by atoms with Crippen molar-refractivity contribution < 1.29 is 4.74 Å². The topological polar surface area (TPSA) is 45.0 Å². The highest BCUT2D eigenvalue weighted by molar-refractivity contribution is 7.99. The van der Waals surface area contributed by atoms with Crippen molar-refractivity contribution in [3.05, 3.63) is 0 Å². The third-order valence-electron chi connectivity index (χ3n) is 3.63. The molecule has 3 unspecified atom stereocenters. The molecule has 18 heavy (non-hydrogen) atoms. The van der Waals surface area contributed by atoms with Gasteiger partial charge in [0.1, 0.15) is 5.54 Å². The Balaban J connectivity index is 1.70. The van der Waals surface area contributed by atoms with Gasteiger partial charge in [-0.05, 0) is 39.0 Å². The van der Waals surface area contributed by atoms with Crippen molar-refractivity contribution in [2.24, 2.45) is 0 Å². The molecule has 1 saturated heterocycles. The van der Waals surface area contributed by atoms with Gasteiger partial charge >= 0.3 is 0 Å². The van der Waals surface area contributed by atoms with Gasteiger partial charge in [-0.3, -0.25) is 5.32 Å². The van der Waals surface area contributed by atoms with E-state index in [0.29, 0.717) is 17.4 Å². The molecular weight excluding hydrogens is 244 g/mol. The average molecular weight is 268 g/mol. The Bertz CT molecular complexity index is 307. The number of ether oxygens (including phenoxy) is 1. The molecule has 2 fully saturated rings. The Morgan fingerprint density at radius 3 is 2.83 bits per heavy atom. The molecule has 1 aliphatic carbocycles. The zero-order valence-electron chi connectivity index (χ0n) is 11.4. The number of nitrogens with zero attached hydrogens (tertiary/aromatic N) is 1. The van der Waals surface area contributed by atoms with Gasteiger partial charge in [0.05, 0.1) is 12.2 Å². The van der Waals surface area contributed by atoms with Crippen LogP contribution in [0, 0.1) is 11.3 Å². The second-order valence-corrected chi connectivity index (χ2v) is 7.32. The van der Waals surface area contributed by atoms with Crippen LogP contribution in [0.3, 0.4) is 0 Å². The van der Waals surface area contributed by atoms with Crippen LogP contribution in [0.2, 0.25) is 0 Å². The van der Waals surface area contributed by atoms with E-state index in [9.17, 15) is 5.26 Å². The van der Waals surface area contributed by atoms with E-state index in [1.807, 2.05) is 18.7 Å². The van der Waals surface area contributed by atoms with Gasteiger partial charge in [0, 0.05) is 23.7 Å². The summed E-state index contributed by atoms with van der Waals surface area (Å²) in [5.41, 5.74) is -0.357. The van der Waals surface area contributed by atoms with Gasteiger partial charge < -0.3 is 4.74 Å². The second kappa shape index (κ2) is 6.27. The van der Waals surface area contributed by atoms with Crippen molar-refractivity contribution in [3.8, 4) is 6.07 Å². The van der Waals surface area contributed by atoms with E-state index in [0.717, 1.165) is 18.8 Å². The fourth-order valence-electron chi connectivity index (χ4n) is 2.50. The molecule has 3 nitrogen and oxygen atoms in total. The molecule has 1 aliphatic heterocycles. The van der Waals surface area contributed by atoms with Crippen LogP contribution in [0.4, 0.5) is 0 Å². The fraction of sp³-hybridized carbons (Fsp3) is 0.929. The predicted octanol–water partition coefficient (Wildman–Crippen LogP) is 2.71. The third-order valence-corrected chi connectivity index (χ3v) is 4.93. The Labute approximate surface area is 115 Å². The summed E-state index contributed by atoms with van der Waals surface area (Å²) in [5, 5.41) is 13.3. The maximum Gasteiger partial charge on any atom is 0.105 e. The first-order chi connectivity index (χ1) is 8.61. The van der Waals surface area contributed by atoms with E-state index in [4.69, 9.17) is 4.74 Å². The van der Waals surface area contributed by atoms with E-state index in [1.165, 1.54) is 25.7 Å². The van der Waals surface area contributed by atoms with Crippen molar-refractivity contribution in [1.29, 1.82) is 5.26 Å². The molecule has 1 saturated carbocycles. The molecule has 0 bridgehead atoms. The van der Waals surface area contributed by atoms with Crippen molar-refractivity contribution in [2.75, 3.05) is 12.4 Å². The van der Waals surface area contributed by atoms with Gasteiger partial charge in [-0.15, -0.1) is 0 Å². The summed E-state index contributed by atoms with van der Waals surface area (Å²) in [4.78, 5) is 0. The highest BCUT2D eigenvalue weighted by Crippen LogP contribution is 2.28. The number of hydrogen-bond donors (Lipinski definition) is 1. The maximum absolute atomic E-state index is 9.34. The molecule has 102 valence electrons. The summed E-state index contributed by atoms with van der Waals surface area (Å²) in [6.07, 6.45) is 6.23. The molecule has 0 spiro atoms. The Kier molecular flexibility index (Phi) is 4.94. The minimum Gasteiger partial charge on any atom is -0.377 e. The molecule has 0 radical (unpaired) electrons. The summed E-state index contributed by atoms with van der Waals surface area (Å²) in [6.45, 7) is 5.19. The van der Waals surface area contributed by atoms with Gasteiger partial charge in [0.15, 0.2) is 0 Å². The van der Waals surface area contributed by atoms with Gasteiger partial charge in [0.25, 0.3) is 0 Å². The maximum atomic E-state index is 9.34. The Morgan fingerprint density at radius 1 is 1.50 bits per heavy atom. The lowest BCUT2D eigenvalue weighted by atomic mass is 9.98. The molecule has 4 heteroatoms. The predicted molar refractivity (Wildman–Crippen MR) is 75.7 cm³/mol. The largest absolute Gasteiger partial charge is 0.377 e. The standard InChI is InChI=1S/C14H24N2OS/c1-11(18-9-13-4-3-7-17-13)8-14(2,10-15)16-12-5-6-12/h11-13,16H,3-9H2,1-2H3. The minimum atomic E-state index is -0.357. The first-order valence-corrected chi connectivity index (χ1v) is 8.08. The first kappa shape index (κ1) is 14.2. The van der Waals surface area contributed by atoms with Gasteiger partial charge in [-0.1, -0.05) is 6.92 Å².